The number of hydrogen-bond donors (Lipinski definition) is 2. The topological polar surface area (TPSA) is 52.0 Å². The largest absolute Gasteiger partial charge is 0.330 e. The van der Waals surface area contributed by atoms with Crippen LogP contribution in [-0.4, -0.2) is 13.1 Å². The molecule has 3 aliphatic carbocycles. The molecule has 3 saturated carbocycles. The van der Waals surface area contributed by atoms with Gasteiger partial charge in [0.15, 0.2) is 0 Å². The quantitative estimate of drug-likeness (QED) is 0.774. The molecule has 2 nitrogen and oxygen atoms in total. The minimum Gasteiger partial charge on any atom is -0.330 e. The van der Waals surface area contributed by atoms with E-state index in [0.717, 1.165) is 36.8 Å². The average molecular weight is 241 g/mol. The fourth-order valence-electron chi connectivity index (χ4n) is 3.43. The molecule has 14 heavy (non-hydrogen) atoms. The van der Waals surface area contributed by atoms with E-state index in [-0.39, 0.29) is 24.8 Å². The van der Waals surface area contributed by atoms with Gasteiger partial charge in [0.2, 0.25) is 0 Å². The number of nitrogens with two attached hydrogens (primary N) is 2. The first-order valence-electron chi connectivity index (χ1n) is 5.27. The second-order valence-corrected chi connectivity index (χ2v) is 4.47. The van der Waals surface area contributed by atoms with Crippen LogP contribution in [0.2, 0.25) is 0 Å². The van der Waals surface area contributed by atoms with Gasteiger partial charge in [-0.3, -0.25) is 0 Å². The Balaban J connectivity index is 0.000000845. The van der Waals surface area contributed by atoms with E-state index in [4.69, 9.17) is 11.5 Å². The van der Waals surface area contributed by atoms with Crippen molar-refractivity contribution in [3.8, 4) is 0 Å². The summed E-state index contributed by atoms with van der Waals surface area (Å²) in [7, 11) is 0. The van der Waals surface area contributed by atoms with Gasteiger partial charge in [0.1, 0.15) is 0 Å². The minimum atomic E-state index is 0. The molecule has 0 aromatic rings. The summed E-state index contributed by atoms with van der Waals surface area (Å²) in [6.07, 6.45) is 5.68. The van der Waals surface area contributed by atoms with Crippen LogP contribution in [-0.2, 0) is 0 Å². The molecule has 0 saturated heterocycles. The highest BCUT2D eigenvalue weighted by Crippen LogP contribution is 2.47. The van der Waals surface area contributed by atoms with Crippen LogP contribution < -0.4 is 11.5 Å². The lowest BCUT2D eigenvalue weighted by Gasteiger charge is -2.48. The van der Waals surface area contributed by atoms with Gasteiger partial charge in [0.25, 0.3) is 0 Å². The zero-order chi connectivity index (χ0) is 8.55. The van der Waals surface area contributed by atoms with E-state index in [0.29, 0.717) is 0 Å². The Kier molecular flexibility index (Phi) is 6.38. The van der Waals surface area contributed by atoms with Crippen molar-refractivity contribution >= 4 is 24.8 Å². The molecule has 3 fully saturated rings. The van der Waals surface area contributed by atoms with Crippen LogP contribution in [0.4, 0.5) is 0 Å². The fourth-order valence-corrected chi connectivity index (χ4v) is 3.43. The molecule has 0 radical (unpaired) electrons. The zero-order valence-electron chi connectivity index (χ0n) is 8.52. The van der Waals surface area contributed by atoms with Crippen molar-refractivity contribution in [2.75, 3.05) is 13.1 Å². The van der Waals surface area contributed by atoms with Crippen LogP contribution in [0.25, 0.3) is 0 Å². The molecule has 3 aliphatic rings. The molecule has 0 aromatic heterocycles. The highest BCUT2D eigenvalue weighted by molar-refractivity contribution is 5.85. The van der Waals surface area contributed by atoms with Gasteiger partial charge in [-0.05, 0) is 62.4 Å². The average Bonchev–Trinajstić information content (AvgIpc) is 2.18. The second kappa shape index (κ2) is 6.16. The van der Waals surface area contributed by atoms with Crippen molar-refractivity contribution in [2.24, 2.45) is 35.1 Å². The van der Waals surface area contributed by atoms with Crippen LogP contribution in [0.3, 0.4) is 0 Å². The minimum absolute atomic E-state index is 0. The van der Waals surface area contributed by atoms with Gasteiger partial charge in [-0.1, -0.05) is 0 Å². The monoisotopic (exact) mass is 240 g/mol. The molecular formula is C10H22Cl2N2. The van der Waals surface area contributed by atoms with Crippen LogP contribution in [0.1, 0.15) is 25.7 Å². The first kappa shape index (κ1) is 14.5. The van der Waals surface area contributed by atoms with Crippen LogP contribution in [0.15, 0.2) is 0 Å². The van der Waals surface area contributed by atoms with Gasteiger partial charge < -0.3 is 11.5 Å². The van der Waals surface area contributed by atoms with Crippen molar-refractivity contribution in [3.05, 3.63) is 0 Å². The molecule has 0 unspecified atom stereocenters. The maximum atomic E-state index is 5.80. The molecule has 4 N–H and O–H groups in total. The zero-order valence-corrected chi connectivity index (χ0v) is 10.2. The molecule has 3 rings (SSSR count). The smallest absolute Gasteiger partial charge is 0.00430 e. The van der Waals surface area contributed by atoms with E-state index >= 15 is 0 Å². The molecule has 0 heterocycles. The Labute approximate surface area is 99.0 Å². The Hall–Kier alpha value is 0.500. The molecule has 0 amide bonds. The Morgan fingerprint density at radius 2 is 1.00 bits per heavy atom. The molecule has 2 bridgehead atoms. The third-order valence-corrected chi connectivity index (χ3v) is 4.12. The third-order valence-electron chi connectivity index (χ3n) is 4.12. The van der Waals surface area contributed by atoms with Crippen molar-refractivity contribution in [1.82, 2.24) is 0 Å². The predicted molar refractivity (Wildman–Crippen MR) is 65.0 cm³/mol. The Morgan fingerprint density at radius 1 is 0.714 bits per heavy atom. The summed E-state index contributed by atoms with van der Waals surface area (Å²) in [6.45, 7) is 1.73. The number of rotatable bonds is 2. The summed E-state index contributed by atoms with van der Waals surface area (Å²) in [5.74, 6) is 3.33. The summed E-state index contributed by atoms with van der Waals surface area (Å²) in [4.78, 5) is 0. The lowest BCUT2D eigenvalue weighted by atomic mass is 9.58. The summed E-state index contributed by atoms with van der Waals surface area (Å²) in [6, 6.07) is 0. The van der Waals surface area contributed by atoms with E-state index in [2.05, 4.69) is 0 Å². The van der Waals surface area contributed by atoms with Crippen LogP contribution in [0, 0.1) is 23.7 Å². The van der Waals surface area contributed by atoms with Gasteiger partial charge in [-0.15, -0.1) is 24.8 Å². The van der Waals surface area contributed by atoms with Gasteiger partial charge in [-0.25, -0.2) is 0 Å². The third kappa shape index (κ3) is 2.35. The van der Waals surface area contributed by atoms with Crippen LogP contribution >= 0.6 is 24.8 Å². The molecule has 86 valence electrons. The first-order chi connectivity index (χ1) is 5.86. The number of hydrogen-bond acceptors (Lipinski definition) is 2. The predicted octanol–water partition coefficient (Wildman–Crippen LogP) is 1.80. The van der Waals surface area contributed by atoms with E-state index in [1.54, 1.807) is 0 Å². The van der Waals surface area contributed by atoms with E-state index < -0.39 is 0 Å². The highest BCUT2D eigenvalue weighted by Gasteiger charge is 2.41. The molecule has 2 atom stereocenters. The van der Waals surface area contributed by atoms with Crippen molar-refractivity contribution in [3.63, 3.8) is 0 Å². The summed E-state index contributed by atoms with van der Waals surface area (Å²) in [5, 5.41) is 0. The summed E-state index contributed by atoms with van der Waals surface area (Å²) in [5.41, 5.74) is 11.6. The number of fused-ring (bicyclic) bond motifs is 3. The molecule has 4 heteroatoms. The standard InChI is InChI=1S/C10H20N2.2ClH/c11-5-9-7-1-2-8(4-3-7)10(9)6-12;;/h7-10H,1-6,11-12H2;2*1H/t7?,8?,9-,10-;;/m1../s1. The number of halogens is 2. The van der Waals surface area contributed by atoms with Gasteiger partial charge >= 0.3 is 0 Å². The van der Waals surface area contributed by atoms with Gasteiger partial charge in [0, 0.05) is 0 Å². The first-order valence-corrected chi connectivity index (χ1v) is 5.27. The van der Waals surface area contributed by atoms with Gasteiger partial charge in [-0.2, -0.15) is 0 Å². The Bertz CT molecular complexity index is 140. The second-order valence-electron chi connectivity index (χ2n) is 4.47. The van der Waals surface area contributed by atoms with Crippen molar-refractivity contribution in [2.45, 2.75) is 25.7 Å². The van der Waals surface area contributed by atoms with E-state index in [1.165, 1.54) is 25.7 Å². The highest BCUT2D eigenvalue weighted by atomic mass is 35.5. The maximum absolute atomic E-state index is 5.80. The van der Waals surface area contributed by atoms with Gasteiger partial charge in [0.05, 0.1) is 0 Å². The van der Waals surface area contributed by atoms with Crippen LogP contribution in [0.5, 0.6) is 0 Å². The lowest BCUT2D eigenvalue weighted by Crippen LogP contribution is -2.46. The summed E-state index contributed by atoms with van der Waals surface area (Å²) >= 11 is 0. The van der Waals surface area contributed by atoms with Crippen molar-refractivity contribution in [1.29, 1.82) is 0 Å². The fraction of sp³-hybridized carbons (Fsp3) is 1.00. The Morgan fingerprint density at radius 3 is 1.21 bits per heavy atom. The maximum Gasteiger partial charge on any atom is -0.00430 e. The molecular weight excluding hydrogens is 219 g/mol. The van der Waals surface area contributed by atoms with E-state index in [1.807, 2.05) is 0 Å². The normalized spacial score (nSPS) is 39.9. The summed E-state index contributed by atoms with van der Waals surface area (Å²) < 4.78 is 0. The SMILES string of the molecule is Cl.Cl.NC[C@@H]1C2CCC(CC2)[C@H]1CN. The lowest BCUT2D eigenvalue weighted by molar-refractivity contribution is 0.0337. The molecule has 0 aliphatic heterocycles. The van der Waals surface area contributed by atoms with E-state index in [9.17, 15) is 0 Å². The van der Waals surface area contributed by atoms with Crippen molar-refractivity contribution < 1.29 is 0 Å². The molecule has 0 aromatic carbocycles. The molecule has 0 spiro atoms.